The maximum absolute atomic E-state index is 11.5. The van der Waals surface area contributed by atoms with Gasteiger partial charge in [0, 0.05) is 20.0 Å². The van der Waals surface area contributed by atoms with Gasteiger partial charge in [-0.2, -0.15) is 0 Å². The number of ether oxygens (including phenoxy) is 1. The summed E-state index contributed by atoms with van der Waals surface area (Å²) in [5.41, 5.74) is 7.64. The van der Waals surface area contributed by atoms with Gasteiger partial charge < -0.3 is 20.2 Å². The summed E-state index contributed by atoms with van der Waals surface area (Å²) in [6, 6.07) is 9.34. The molecule has 2 heterocycles. The minimum absolute atomic E-state index is 0.0134. The number of hydrogen-bond acceptors (Lipinski definition) is 4. The average molecular weight is 272 g/mol. The minimum Gasteiger partial charge on any atom is -0.488 e. The first-order chi connectivity index (χ1) is 9.72. The molecule has 1 aliphatic heterocycles. The van der Waals surface area contributed by atoms with E-state index in [9.17, 15) is 4.79 Å². The second-order valence-electron chi connectivity index (χ2n) is 4.72. The van der Waals surface area contributed by atoms with Crippen LogP contribution in [0.3, 0.4) is 0 Å². The Morgan fingerprint density at radius 2 is 2.25 bits per heavy atom. The van der Waals surface area contributed by atoms with Crippen LogP contribution in [0.5, 0.6) is 5.75 Å². The van der Waals surface area contributed by atoms with Crippen LogP contribution in [-0.4, -0.2) is 25.6 Å². The van der Waals surface area contributed by atoms with Crippen molar-refractivity contribution in [2.24, 2.45) is 5.73 Å². The number of benzene rings is 1. The summed E-state index contributed by atoms with van der Waals surface area (Å²) in [5, 5.41) is 2.53. The molecule has 0 saturated carbocycles. The molecule has 1 atom stereocenters. The molecule has 1 aromatic heterocycles. The fourth-order valence-electron chi connectivity index (χ4n) is 2.39. The van der Waals surface area contributed by atoms with E-state index in [1.54, 1.807) is 19.2 Å². The second-order valence-corrected chi connectivity index (χ2v) is 4.72. The molecule has 0 bridgehead atoms. The normalized spacial score (nSPS) is 16.6. The first kappa shape index (κ1) is 12.7. The number of nitrogens with two attached hydrogens (primary N) is 1. The van der Waals surface area contributed by atoms with Gasteiger partial charge in [-0.1, -0.05) is 12.1 Å². The highest BCUT2D eigenvalue weighted by molar-refractivity contribution is 5.92. The number of amides is 1. The van der Waals surface area contributed by atoms with Gasteiger partial charge in [0.05, 0.1) is 5.56 Å². The predicted molar refractivity (Wildman–Crippen MR) is 74.7 cm³/mol. The Kier molecular flexibility index (Phi) is 3.20. The quantitative estimate of drug-likeness (QED) is 0.889. The van der Waals surface area contributed by atoms with E-state index >= 15 is 0 Å². The summed E-state index contributed by atoms with van der Waals surface area (Å²) in [6.07, 6.45) is 0.822. The van der Waals surface area contributed by atoms with E-state index in [4.69, 9.17) is 14.9 Å². The Bertz CT molecular complexity index is 648. The van der Waals surface area contributed by atoms with Crippen LogP contribution in [0.2, 0.25) is 0 Å². The molecule has 5 nitrogen and oxygen atoms in total. The third-order valence-electron chi connectivity index (χ3n) is 3.41. The van der Waals surface area contributed by atoms with Gasteiger partial charge in [-0.25, -0.2) is 0 Å². The fraction of sp³-hybridized carbons (Fsp3) is 0.267. The highest BCUT2D eigenvalue weighted by atomic mass is 16.5. The van der Waals surface area contributed by atoms with Crippen LogP contribution in [-0.2, 0) is 6.42 Å². The second kappa shape index (κ2) is 5.02. The molecule has 104 valence electrons. The monoisotopic (exact) mass is 272 g/mol. The number of hydrogen-bond donors (Lipinski definition) is 2. The molecular formula is C15H16N2O3. The number of rotatable bonds is 3. The van der Waals surface area contributed by atoms with Crippen LogP contribution in [0.4, 0.5) is 0 Å². The van der Waals surface area contributed by atoms with Crippen molar-refractivity contribution < 1.29 is 13.9 Å². The molecule has 1 aromatic carbocycles. The van der Waals surface area contributed by atoms with E-state index in [2.05, 4.69) is 5.32 Å². The standard InChI is InChI=1S/C15H16N2O3/c1-17-15(18)13-6-5-12(20-13)11-4-2-3-9-7-10(8-16)19-14(9)11/h2-6,10H,7-8,16H2,1H3,(H,17,18). The third-order valence-corrected chi connectivity index (χ3v) is 3.41. The smallest absolute Gasteiger partial charge is 0.286 e. The Morgan fingerprint density at radius 3 is 3.00 bits per heavy atom. The van der Waals surface area contributed by atoms with E-state index in [1.165, 1.54) is 0 Å². The number of para-hydroxylation sites is 1. The number of nitrogens with one attached hydrogen (secondary N) is 1. The first-order valence-electron chi connectivity index (χ1n) is 6.54. The number of carbonyl (C=O) groups excluding carboxylic acids is 1. The van der Waals surface area contributed by atoms with Gasteiger partial charge in [-0.3, -0.25) is 4.79 Å². The fourth-order valence-corrected chi connectivity index (χ4v) is 2.39. The van der Waals surface area contributed by atoms with Gasteiger partial charge in [-0.05, 0) is 23.8 Å². The van der Waals surface area contributed by atoms with Crippen molar-refractivity contribution >= 4 is 5.91 Å². The van der Waals surface area contributed by atoms with Crippen LogP contribution in [0, 0.1) is 0 Å². The van der Waals surface area contributed by atoms with Gasteiger partial charge in [0.2, 0.25) is 0 Å². The van der Waals surface area contributed by atoms with Crippen LogP contribution in [0.15, 0.2) is 34.7 Å². The Balaban J connectivity index is 1.98. The van der Waals surface area contributed by atoms with Crippen LogP contribution < -0.4 is 15.8 Å². The van der Waals surface area contributed by atoms with Crippen LogP contribution in [0.1, 0.15) is 16.1 Å². The lowest BCUT2D eigenvalue weighted by molar-refractivity contribution is 0.0936. The van der Waals surface area contributed by atoms with E-state index < -0.39 is 0 Å². The summed E-state index contributed by atoms with van der Waals surface area (Å²) >= 11 is 0. The van der Waals surface area contributed by atoms with Crippen molar-refractivity contribution in [1.82, 2.24) is 5.32 Å². The molecular weight excluding hydrogens is 256 g/mol. The van der Waals surface area contributed by atoms with Crippen LogP contribution >= 0.6 is 0 Å². The summed E-state index contributed by atoms with van der Waals surface area (Å²) in [6.45, 7) is 0.482. The summed E-state index contributed by atoms with van der Waals surface area (Å²) in [7, 11) is 1.57. The Hall–Kier alpha value is -2.27. The summed E-state index contributed by atoms with van der Waals surface area (Å²) < 4.78 is 11.4. The minimum atomic E-state index is -0.246. The van der Waals surface area contributed by atoms with E-state index in [0.717, 1.165) is 23.3 Å². The lowest BCUT2D eigenvalue weighted by Crippen LogP contribution is -2.24. The summed E-state index contributed by atoms with van der Waals surface area (Å²) in [5.74, 6) is 1.47. The maximum Gasteiger partial charge on any atom is 0.286 e. The largest absolute Gasteiger partial charge is 0.488 e. The zero-order valence-corrected chi connectivity index (χ0v) is 11.2. The van der Waals surface area contributed by atoms with Gasteiger partial charge in [0.25, 0.3) is 5.91 Å². The van der Waals surface area contributed by atoms with Crippen molar-refractivity contribution in [2.45, 2.75) is 12.5 Å². The molecule has 5 heteroatoms. The molecule has 0 saturated heterocycles. The molecule has 1 aliphatic rings. The predicted octanol–water partition coefficient (Wildman–Crippen LogP) is 1.57. The average Bonchev–Trinajstić information content (AvgIpc) is 3.12. The van der Waals surface area contributed by atoms with Gasteiger partial charge >= 0.3 is 0 Å². The Morgan fingerprint density at radius 1 is 1.40 bits per heavy atom. The van der Waals surface area contributed by atoms with Crippen molar-refractivity contribution in [3.63, 3.8) is 0 Å². The molecule has 3 N–H and O–H groups in total. The van der Waals surface area contributed by atoms with Crippen molar-refractivity contribution in [1.29, 1.82) is 0 Å². The van der Waals surface area contributed by atoms with E-state index in [1.807, 2.05) is 18.2 Å². The van der Waals surface area contributed by atoms with E-state index in [-0.39, 0.29) is 17.8 Å². The number of fused-ring (bicyclic) bond motifs is 1. The zero-order chi connectivity index (χ0) is 14.1. The van der Waals surface area contributed by atoms with Gasteiger partial charge in [0.15, 0.2) is 5.76 Å². The molecule has 3 rings (SSSR count). The van der Waals surface area contributed by atoms with E-state index in [0.29, 0.717) is 12.3 Å². The maximum atomic E-state index is 11.5. The molecule has 0 spiro atoms. The Labute approximate surface area is 116 Å². The zero-order valence-electron chi connectivity index (χ0n) is 11.2. The molecule has 0 radical (unpaired) electrons. The molecule has 1 unspecified atom stereocenters. The van der Waals surface area contributed by atoms with Crippen LogP contribution in [0.25, 0.3) is 11.3 Å². The number of furan rings is 1. The van der Waals surface area contributed by atoms with Crippen molar-refractivity contribution in [2.75, 3.05) is 13.6 Å². The van der Waals surface area contributed by atoms with Crippen molar-refractivity contribution in [3.8, 4) is 17.1 Å². The molecule has 1 amide bonds. The van der Waals surface area contributed by atoms with Gasteiger partial charge in [0.1, 0.15) is 17.6 Å². The third kappa shape index (κ3) is 2.06. The topological polar surface area (TPSA) is 77.5 Å². The highest BCUT2D eigenvalue weighted by Gasteiger charge is 2.25. The molecule has 0 fully saturated rings. The molecule has 2 aromatic rings. The molecule has 20 heavy (non-hydrogen) atoms. The lowest BCUT2D eigenvalue weighted by Gasteiger charge is -2.09. The van der Waals surface area contributed by atoms with Gasteiger partial charge in [-0.15, -0.1) is 0 Å². The van der Waals surface area contributed by atoms with Crippen molar-refractivity contribution in [3.05, 3.63) is 41.7 Å². The highest BCUT2D eigenvalue weighted by Crippen LogP contribution is 2.39. The first-order valence-corrected chi connectivity index (χ1v) is 6.54. The molecule has 0 aliphatic carbocycles. The summed E-state index contributed by atoms with van der Waals surface area (Å²) in [4.78, 5) is 11.5. The SMILES string of the molecule is CNC(=O)c1ccc(-c2cccc3c2OC(CN)C3)o1. The number of carbonyl (C=O) groups is 1. The lowest BCUT2D eigenvalue weighted by atomic mass is 10.1.